The molecule has 5 nitrogen and oxygen atoms in total. The van der Waals surface area contributed by atoms with Crippen molar-refractivity contribution in [1.29, 1.82) is 0 Å². The topological polar surface area (TPSA) is 66.9 Å². The Labute approximate surface area is 93.5 Å². The highest BCUT2D eigenvalue weighted by molar-refractivity contribution is 5.00. The highest BCUT2D eigenvalue weighted by Gasteiger charge is 2.14. The molecule has 0 atom stereocenters. The molecule has 0 aliphatic carbocycles. The second-order valence-corrected chi connectivity index (χ2v) is 4.42. The van der Waals surface area contributed by atoms with E-state index in [0.717, 1.165) is 25.9 Å². The van der Waals surface area contributed by atoms with Gasteiger partial charge in [-0.2, -0.15) is 0 Å². The third-order valence-electron chi connectivity index (χ3n) is 3.10. The summed E-state index contributed by atoms with van der Waals surface area (Å²) < 4.78 is 1.62. The number of nitrogens with one attached hydrogen (secondary N) is 2. The molecule has 1 aliphatic heterocycles. The first-order valence-electron chi connectivity index (χ1n) is 5.68. The highest BCUT2D eigenvalue weighted by Crippen LogP contribution is 2.12. The van der Waals surface area contributed by atoms with E-state index in [1.807, 2.05) is 0 Å². The number of aromatic nitrogens is 2. The smallest absolute Gasteiger partial charge is 0.317 e. The molecule has 2 heterocycles. The molecule has 2 rings (SSSR count). The van der Waals surface area contributed by atoms with E-state index in [0.29, 0.717) is 18.0 Å². The van der Waals surface area contributed by atoms with E-state index >= 15 is 0 Å². The van der Waals surface area contributed by atoms with Gasteiger partial charge in [-0.1, -0.05) is 0 Å². The minimum absolute atomic E-state index is 0.286. The van der Waals surface area contributed by atoms with Crippen LogP contribution in [0.25, 0.3) is 0 Å². The minimum atomic E-state index is -0.297. The van der Waals surface area contributed by atoms with E-state index in [1.165, 1.54) is 0 Å². The molecule has 0 saturated carbocycles. The summed E-state index contributed by atoms with van der Waals surface area (Å²) in [5.41, 5.74) is 0.00854. The standard InChI is InChI=1S/C11H17N3O2/c1-8-6-14(11(16)13-10(8)15)7-9-2-4-12-5-3-9/h6,9,12H,2-5,7H2,1H3,(H,13,15,16). The molecule has 16 heavy (non-hydrogen) atoms. The number of rotatable bonds is 2. The van der Waals surface area contributed by atoms with Crippen molar-refractivity contribution < 1.29 is 0 Å². The number of aryl methyl sites for hydroxylation is 1. The SMILES string of the molecule is Cc1cn(CC2CCNCC2)c(=O)[nH]c1=O. The third kappa shape index (κ3) is 2.41. The third-order valence-corrected chi connectivity index (χ3v) is 3.10. The Morgan fingerprint density at radius 1 is 1.38 bits per heavy atom. The van der Waals surface area contributed by atoms with Crippen molar-refractivity contribution in [1.82, 2.24) is 14.9 Å². The second kappa shape index (κ2) is 4.65. The van der Waals surface area contributed by atoms with Gasteiger partial charge in [-0.25, -0.2) is 4.79 Å². The van der Waals surface area contributed by atoms with Crippen molar-refractivity contribution >= 4 is 0 Å². The molecule has 1 aliphatic rings. The van der Waals surface area contributed by atoms with Crippen LogP contribution in [0.5, 0.6) is 0 Å². The lowest BCUT2D eigenvalue weighted by Gasteiger charge is -2.23. The number of piperidine rings is 1. The molecular formula is C11H17N3O2. The second-order valence-electron chi connectivity index (χ2n) is 4.42. The molecule has 0 aromatic carbocycles. The summed E-state index contributed by atoms with van der Waals surface area (Å²) in [5, 5.41) is 3.29. The van der Waals surface area contributed by atoms with Gasteiger partial charge < -0.3 is 9.88 Å². The Morgan fingerprint density at radius 3 is 2.75 bits per heavy atom. The average Bonchev–Trinajstić information content (AvgIpc) is 2.27. The molecule has 0 bridgehead atoms. The summed E-state index contributed by atoms with van der Waals surface area (Å²) in [5.74, 6) is 0.532. The van der Waals surface area contributed by atoms with Crippen LogP contribution in [0.15, 0.2) is 15.8 Å². The van der Waals surface area contributed by atoms with Gasteiger partial charge in [-0.3, -0.25) is 9.78 Å². The van der Waals surface area contributed by atoms with Crippen molar-refractivity contribution in [3.63, 3.8) is 0 Å². The van der Waals surface area contributed by atoms with E-state index in [1.54, 1.807) is 17.7 Å². The molecule has 2 N–H and O–H groups in total. The van der Waals surface area contributed by atoms with E-state index in [2.05, 4.69) is 10.3 Å². The molecule has 1 fully saturated rings. The molecule has 1 aromatic heterocycles. The summed E-state index contributed by atoms with van der Waals surface area (Å²) in [4.78, 5) is 25.1. The monoisotopic (exact) mass is 223 g/mol. The fourth-order valence-electron chi connectivity index (χ4n) is 2.10. The van der Waals surface area contributed by atoms with Crippen LogP contribution in [-0.2, 0) is 6.54 Å². The van der Waals surface area contributed by atoms with Crippen molar-refractivity contribution in [2.24, 2.45) is 5.92 Å². The highest BCUT2D eigenvalue weighted by atomic mass is 16.2. The maximum atomic E-state index is 11.6. The molecule has 5 heteroatoms. The lowest BCUT2D eigenvalue weighted by Crippen LogP contribution is -2.35. The Bertz CT molecular complexity index is 469. The van der Waals surface area contributed by atoms with Gasteiger partial charge in [0.2, 0.25) is 0 Å². The minimum Gasteiger partial charge on any atom is -0.317 e. The van der Waals surface area contributed by atoms with Crippen LogP contribution in [-0.4, -0.2) is 22.6 Å². The van der Waals surface area contributed by atoms with Gasteiger partial charge in [-0.05, 0) is 38.8 Å². The first-order chi connectivity index (χ1) is 7.66. The average molecular weight is 223 g/mol. The van der Waals surface area contributed by atoms with Crippen LogP contribution >= 0.6 is 0 Å². The van der Waals surface area contributed by atoms with Crippen molar-refractivity contribution in [2.45, 2.75) is 26.3 Å². The lowest BCUT2D eigenvalue weighted by atomic mass is 9.98. The number of hydrogen-bond donors (Lipinski definition) is 2. The number of aromatic amines is 1. The molecule has 0 unspecified atom stereocenters. The molecular weight excluding hydrogens is 206 g/mol. The van der Waals surface area contributed by atoms with Crippen LogP contribution in [0.2, 0.25) is 0 Å². The first-order valence-corrected chi connectivity index (χ1v) is 5.68. The predicted octanol–water partition coefficient (Wildman–Crippen LogP) is -0.155. The Morgan fingerprint density at radius 2 is 2.06 bits per heavy atom. The van der Waals surface area contributed by atoms with Crippen molar-refractivity contribution in [2.75, 3.05) is 13.1 Å². The zero-order chi connectivity index (χ0) is 11.5. The van der Waals surface area contributed by atoms with Gasteiger partial charge in [0.15, 0.2) is 0 Å². The van der Waals surface area contributed by atoms with Crippen LogP contribution < -0.4 is 16.6 Å². The Balaban J connectivity index is 2.17. The molecule has 1 saturated heterocycles. The maximum Gasteiger partial charge on any atom is 0.328 e. The summed E-state index contributed by atoms with van der Waals surface area (Å²) in [7, 11) is 0. The molecule has 0 radical (unpaired) electrons. The predicted molar refractivity (Wildman–Crippen MR) is 61.7 cm³/mol. The van der Waals surface area contributed by atoms with E-state index in [9.17, 15) is 9.59 Å². The molecule has 0 amide bonds. The number of nitrogens with zero attached hydrogens (tertiary/aromatic N) is 1. The van der Waals surface area contributed by atoms with Crippen LogP contribution in [0.4, 0.5) is 0 Å². The van der Waals surface area contributed by atoms with Crippen LogP contribution in [0.3, 0.4) is 0 Å². The lowest BCUT2D eigenvalue weighted by molar-refractivity contribution is 0.327. The van der Waals surface area contributed by atoms with Gasteiger partial charge in [0.25, 0.3) is 5.56 Å². The zero-order valence-electron chi connectivity index (χ0n) is 9.45. The Kier molecular flexibility index (Phi) is 3.24. The number of H-pyrrole nitrogens is 1. The van der Waals surface area contributed by atoms with Gasteiger partial charge in [0.05, 0.1) is 0 Å². The Hall–Kier alpha value is -1.36. The maximum absolute atomic E-state index is 11.6. The fraction of sp³-hybridized carbons (Fsp3) is 0.636. The van der Waals surface area contributed by atoms with Gasteiger partial charge in [0, 0.05) is 18.3 Å². The van der Waals surface area contributed by atoms with E-state index in [-0.39, 0.29) is 11.2 Å². The normalized spacial score (nSPS) is 17.6. The van der Waals surface area contributed by atoms with Gasteiger partial charge in [0.1, 0.15) is 0 Å². The molecule has 0 spiro atoms. The first kappa shape index (κ1) is 11.1. The zero-order valence-corrected chi connectivity index (χ0v) is 9.45. The summed E-state index contributed by atoms with van der Waals surface area (Å²) >= 11 is 0. The van der Waals surface area contributed by atoms with Crippen molar-refractivity contribution in [3.8, 4) is 0 Å². The van der Waals surface area contributed by atoms with Gasteiger partial charge in [-0.15, -0.1) is 0 Å². The largest absolute Gasteiger partial charge is 0.328 e. The van der Waals surface area contributed by atoms with E-state index < -0.39 is 0 Å². The summed E-state index contributed by atoms with van der Waals surface area (Å²) in [6.45, 7) is 4.46. The van der Waals surface area contributed by atoms with Crippen LogP contribution in [0, 0.1) is 12.8 Å². The summed E-state index contributed by atoms with van der Waals surface area (Å²) in [6.07, 6.45) is 3.83. The fourth-order valence-corrected chi connectivity index (χ4v) is 2.10. The molecule has 88 valence electrons. The van der Waals surface area contributed by atoms with Crippen LogP contribution in [0.1, 0.15) is 18.4 Å². The summed E-state index contributed by atoms with van der Waals surface area (Å²) in [6, 6.07) is 0. The van der Waals surface area contributed by atoms with Crippen molar-refractivity contribution in [3.05, 3.63) is 32.6 Å². The van der Waals surface area contributed by atoms with Gasteiger partial charge >= 0.3 is 5.69 Å². The van der Waals surface area contributed by atoms with E-state index in [4.69, 9.17) is 0 Å². The quantitative estimate of drug-likeness (QED) is 0.732. The number of hydrogen-bond acceptors (Lipinski definition) is 3. The molecule has 1 aromatic rings.